The van der Waals surface area contributed by atoms with Crippen molar-refractivity contribution in [2.75, 3.05) is 11.9 Å². The van der Waals surface area contributed by atoms with Gasteiger partial charge in [-0.15, -0.1) is 0 Å². The van der Waals surface area contributed by atoms with Gasteiger partial charge in [-0.25, -0.2) is 4.79 Å². The maximum atomic E-state index is 11.8. The second kappa shape index (κ2) is 4.16. The van der Waals surface area contributed by atoms with E-state index in [0.717, 1.165) is 24.1 Å². The molecule has 1 aliphatic carbocycles. The van der Waals surface area contributed by atoms with Crippen LogP contribution in [0.15, 0.2) is 24.3 Å². The molecule has 0 aliphatic heterocycles. The van der Waals surface area contributed by atoms with Crippen LogP contribution in [0, 0.1) is 6.92 Å². The van der Waals surface area contributed by atoms with Crippen molar-refractivity contribution in [3.05, 3.63) is 29.8 Å². The van der Waals surface area contributed by atoms with Crippen molar-refractivity contribution in [2.24, 2.45) is 0 Å². The molecule has 0 aromatic heterocycles. The molecule has 1 N–H and O–H groups in total. The zero-order chi connectivity index (χ0) is 11.6. The summed E-state index contributed by atoms with van der Waals surface area (Å²) in [6, 6.07) is 7.99. The van der Waals surface area contributed by atoms with E-state index >= 15 is 0 Å². The number of aryl methyl sites for hydroxylation is 1. The van der Waals surface area contributed by atoms with Crippen molar-refractivity contribution < 1.29 is 9.53 Å². The SMILES string of the molecule is CCOC(=O)C1(Nc2ccccc2C)CC1. The Morgan fingerprint density at radius 1 is 1.44 bits per heavy atom. The van der Waals surface area contributed by atoms with Gasteiger partial charge in [0, 0.05) is 5.69 Å². The van der Waals surface area contributed by atoms with Gasteiger partial charge in [0.2, 0.25) is 0 Å². The van der Waals surface area contributed by atoms with E-state index in [4.69, 9.17) is 4.74 Å². The van der Waals surface area contributed by atoms with E-state index < -0.39 is 5.54 Å². The highest BCUT2D eigenvalue weighted by Gasteiger charge is 2.51. The summed E-state index contributed by atoms with van der Waals surface area (Å²) in [6.45, 7) is 4.31. The van der Waals surface area contributed by atoms with Gasteiger partial charge < -0.3 is 10.1 Å². The van der Waals surface area contributed by atoms with Gasteiger partial charge in [0.15, 0.2) is 0 Å². The summed E-state index contributed by atoms with van der Waals surface area (Å²) in [5, 5.41) is 3.31. The molecule has 1 aromatic carbocycles. The van der Waals surface area contributed by atoms with Gasteiger partial charge in [-0.05, 0) is 38.3 Å². The molecule has 0 heterocycles. The Morgan fingerprint density at radius 2 is 2.12 bits per heavy atom. The maximum absolute atomic E-state index is 11.8. The summed E-state index contributed by atoms with van der Waals surface area (Å²) < 4.78 is 5.08. The molecule has 0 unspecified atom stereocenters. The van der Waals surface area contributed by atoms with Crippen LogP contribution in [0.4, 0.5) is 5.69 Å². The number of hydrogen-bond acceptors (Lipinski definition) is 3. The standard InChI is InChI=1S/C13H17NO2/c1-3-16-12(15)13(8-9-13)14-11-7-5-4-6-10(11)2/h4-7,14H,3,8-9H2,1-2H3. The van der Waals surface area contributed by atoms with Crippen LogP contribution < -0.4 is 5.32 Å². The molecular weight excluding hydrogens is 202 g/mol. The summed E-state index contributed by atoms with van der Waals surface area (Å²) in [6.07, 6.45) is 1.72. The molecule has 2 rings (SSSR count). The first-order valence-electron chi connectivity index (χ1n) is 5.69. The molecule has 0 spiro atoms. The second-order valence-electron chi connectivity index (χ2n) is 4.24. The Balaban J connectivity index is 2.10. The van der Waals surface area contributed by atoms with Gasteiger partial charge in [0.05, 0.1) is 6.61 Å². The molecule has 16 heavy (non-hydrogen) atoms. The number of carbonyl (C=O) groups excluding carboxylic acids is 1. The largest absolute Gasteiger partial charge is 0.464 e. The van der Waals surface area contributed by atoms with Gasteiger partial charge in [-0.2, -0.15) is 0 Å². The number of carbonyl (C=O) groups is 1. The molecule has 3 nitrogen and oxygen atoms in total. The summed E-state index contributed by atoms with van der Waals surface area (Å²) in [5.74, 6) is -0.127. The Bertz CT molecular complexity index is 397. The molecule has 1 fully saturated rings. The van der Waals surface area contributed by atoms with Crippen LogP contribution in [0.3, 0.4) is 0 Å². The quantitative estimate of drug-likeness (QED) is 0.791. The van der Waals surface area contributed by atoms with Crippen LogP contribution >= 0.6 is 0 Å². The Morgan fingerprint density at radius 3 is 2.69 bits per heavy atom. The highest BCUT2D eigenvalue weighted by molar-refractivity contribution is 5.88. The van der Waals surface area contributed by atoms with Crippen LogP contribution in [-0.4, -0.2) is 18.1 Å². The van der Waals surface area contributed by atoms with Gasteiger partial charge in [0.25, 0.3) is 0 Å². The minimum Gasteiger partial charge on any atom is -0.464 e. The molecule has 86 valence electrons. The third kappa shape index (κ3) is 2.03. The molecular formula is C13H17NO2. The Hall–Kier alpha value is -1.51. The first kappa shape index (κ1) is 11.0. The zero-order valence-electron chi connectivity index (χ0n) is 9.75. The van der Waals surface area contributed by atoms with E-state index in [9.17, 15) is 4.79 Å². The number of nitrogens with one attached hydrogen (secondary N) is 1. The van der Waals surface area contributed by atoms with E-state index in [-0.39, 0.29) is 5.97 Å². The van der Waals surface area contributed by atoms with E-state index in [1.165, 1.54) is 0 Å². The molecule has 0 atom stereocenters. The predicted molar refractivity (Wildman–Crippen MR) is 63.4 cm³/mol. The van der Waals surface area contributed by atoms with Crippen LogP contribution in [0.25, 0.3) is 0 Å². The Kier molecular flexibility index (Phi) is 2.86. The number of benzene rings is 1. The minimum atomic E-state index is -0.456. The number of para-hydroxylation sites is 1. The second-order valence-corrected chi connectivity index (χ2v) is 4.24. The molecule has 1 aliphatic rings. The summed E-state index contributed by atoms with van der Waals surface area (Å²) in [7, 11) is 0. The fourth-order valence-corrected chi connectivity index (χ4v) is 1.75. The van der Waals surface area contributed by atoms with Crippen molar-refractivity contribution in [3.8, 4) is 0 Å². The van der Waals surface area contributed by atoms with Crippen LogP contribution in [-0.2, 0) is 9.53 Å². The molecule has 0 radical (unpaired) electrons. The molecule has 0 bridgehead atoms. The molecule has 0 saturated heterocycles. The lowest BCUT2D eigenvalue weighted by Crippen LogP contribution is -2.33. The van der Waals surface area contributed by atoms with Crippen molar-refractivity contribution >= 4 is 11.7 Å². The van der Waals surface area contributed by atoms with Gasteiger partial charge in [0.1, 0.15) is 5.54 Å². The summed E-state index contributed by atoms with van der Waals surface area (Å²) >= 11 is 0. The smallest absolute Gasteiger partial charge is 0.331 e. The number of ether oxygens (including phenoxy) is 1. The fourth-order valence-electron chi connectivity index (χ4n) is 1.75. The van der Waals surface area contributed by atoms with Crippen LogP contribution in [0.2, 0.25) is 0 Å². The third-order valence-corrected chi connectivity index (χ3v) is 2.94. The maximum Gasteiger partial charge on any atom is 0.331 e. The number of rotatable bonds is 4. The minimum absolute atomic E-state index is 0.127. The van der Waals surface area contributed by atoms with Crippen LogP contribution in [0.1, 0.15) is 25.3 Å². The van der Waals surface area contributed by atoms with Crippen molar-refractivity contribution in [3.63, 3.8) is 0 Å². The lowest BCUT2D eigenvalue weighted by Gasteiger charge is -2.18. The number of esters is 1. The predicted octanol–water partition coefficient (Wildman–Crippen LogP) is 2.50. The van der Waals surface area contributed by atoms with Crippen molar-refractivity contribution in [1.29, 1.82) is 0 Å². The fraction of sp³-hybridized carbons (Fsp3) is 0.462. The Labute approximate surface area is 95.8 Å². The van der Waals surface area contributed by atoms with Crippen LogP contribution in [0.5, 0.6) is 0 Å². The van der Waals surface area contributed by atoms with Crippen molar-refractivity contribution in [1.82, 2.24) is 0 Å². The average molecular weight is 219 g/mol. The monoisotopic (exact) mass is 219 g/mol. The molecule has 0 amide bonds. The van der Waals surface area contributed by atoms with Crippen molar-refractivity contribution in [2.45, 2.75) is 32.2 Å². The van der Waals surface area contributed by atoms with E-state index in [2.05, 4.69) is 5.32 Å². The first-order valence-corrected chi connectivity index (χ1v) is 5.69. The van der Waals surface area contributed by atoms with Gasteiger partial charge >= 0.3 is 5.97 Å². The molecule has 3 heteroatoms. The van der Waals surface area contributed by atoms with Gasteiger partial charge in [-0.3, -0.25) is 0 Å². The lowest BCUT2D eigenvalue weighted by molar-refractivity contribution is -0.145. The summed E-state index contributed by atoms with van der Waals surface area (Å²) in [5.41, 5.74) is 1.72. The zero-order valence-corrected chi connectivity index (χ0v) is 9.75. The topological polar surface area (TPSA) is 38.3 Å². The molecule has 1 aromatic rings. The highest BCUT2D eigenvalue weighted by Crippen LogP contribution is 2.40. The van der Waals surface area contributed by atoms with E-state index in [0.29, 0.717) is 6.61 Å². The average Bonchev–Trinajstić information content (AvgIpc) is 3.03. The van der Waals surface area contributed by atoms with Gasteiger partial charge in [-0.1, -0.05) is 18.2 Å². The molecule has 1 saturated carbocycles. The summed E-state index contributed by atoms with van der Waals surface area (Å²) in [4.78, 5) is 11.8. The van der Waals surface area contributed by atoms with E-state index in [1.807, 2.05) is 38.1 Å². The van der Waals surface area contributed by atoms with E-state index in [1.54, 1.807) is 0 Å². The third-order valence-electron chi connectivity index (χ3n) is 2.94. The normalized spacial score (nSPS) is 16.6. The highest BCUT2D eigenvalue weighted by atomic mass is 16.5. The first-order chi connectivity index (χ1) is 7.68. The number of anilines is 1. The lowest BCUT2D eigenvalue weighted by atomic mass is 10.1. The number of hydrogen-bond donors (Lipinski definition) is 1.